The molecule has 0 aliphatic heterocycles. The van der Waals surface area contributed by atoms with Crippen molar-refractivity contribution >= 4 is 22.6 Å². The number of benzene rings is 1. The second kappa shape index (κ2) is 2.28. The van der Waals surface area contributed by atoms with Crippen LogP contribution in [0.3, 0.4) is 0 Å². The second-order valence-corrected chi connectivity index (χ2v) is 2.89. The zero-order valence-electron chi connectivity index (χ0n) is 6.02. The number of hydrogen-bond donors (Lipinski definition) is 0. The first kappa shape index (κ1) is 6.74. The summed E-state index contributed by atoms with van der Waals surface area (Å²) in [6, 6.07) is 8.48. The maximum atomic E-state index is 5.74. The topological polar surface area (TPSA) is 13.1 Å². The number of fused-ring (bicyclic) bond motifs is 1. The van der Waals surface area contributed by atoms with Crippen LogP contribution in [0.15, 0.2) is 22.6 Å². The van der Waals surface area contributed by atoms with Crippen LogP contribution in [-0.4, -0.2) is 0 Å². The van der Waals surface area contributed by atoms with Crippen molar-refractivity contribution in [3.63, 3.8) is 0 Å². The summed E-state index contributed by atoms with van der Waals surface area (Å²) in [5.41, 5.74) is 0.801. The minimum atomic E-state index is 0.659. The SMILES string of the molecule is Cc1cc2[c]cc(Cl)cc2o1. The Kier molecular flexibility index (Phi) is 1.40. The molecule has 2 aromatic rings. The van der Waals surface area contributed by atoms with Crippen LogP contribution < -0.4 is 0 Å². The molecule has 0 aliphatic carbocycles. The van der Waals surface area contributed by atoms with Crippen LogP contribution in [0.1, 0.15) is 5.76 Å². The molecular weight excluding hydrogens is 160 g/mol. The fourth-order valence-electron chi connectivity index (χ4n) is 1.07. The highest BCUT2D eigenvalue weighted by atomic mass is 35.5. The lowest BCUT2D eigenvalue weighted by Crippen LogP contribution is -1.63. The van der Waals surface area contributed by atoms with Gasteiger partial charge in [0.25, 0.3) is 0 Å². The molecule has 1 heterocycles. The van der Waals surface area contributed by atoms with E-state index in [1.54, 1.807) is 12.1 Å². The Morgan fingerprint density at radius 1 is 1.45 bits per heavy atom. The van der Waals surface area contributed by atoms with Crippen molar-refractivity contribution in [2.75, 3.05) is 0 Å². The van der Waals surface area contributed by atoms with Crippen LogP contribution in [0.4, 0.5) is 0 Å². The lowest BCUT2D eigenvalue weighted by molar-refractivity contribution is 0.578. The number of furan rings is 1. The van der Waals surface area contributed by atoms with Crippen molar-refractivity contribution in [1.29, 1.82) is 0 Å². The Morgan fingerprint density at radius 2 is 2.27 bits per heavy atom. The summed E-state index contributed by atoms with van der Waals surface area (Å²) in [4.78, 5) is 0. The van der Waals surface area contributed by atoms with Gasteiger partial charge >= 0.3 is 0 Å². The maximum absolute atomic E-state index is 5.74. The van der Waals surface area contributed by atoms with Crippen molar-refractivity contribution in [2.24, 2.45) is 0 Å². The van der Waals surface area contributed by atoms with Gasteiger partial charge in [-0.2, -0.15) is 0 Å². The predicted octanol–water partition coefficient (Wildman–Crippen LogP) is 3.19. The number of halogens is 1. The number of rotatable bonds is 0. The predicted molar refractivity (Wildman–Crippen MR) is 44.8 cm³/mol. The van der Waals surface area contributed by atoms with E-state index < -0.39 is 0 Å². The van der Waals surface area contributed by atoms with Crippen LogP contribution in [0.25, 0.3) is 11.0 Å². The second-order valence-electron chi connectivity index (χ2n) is 2.45. The standard InChI is InChI=1S/C9H6ClO/c1-6-4-7-2-3-8(10)5-9(7)11-6/h3-5H,1H3. The van der Waals surface area contributed by atoms with Gasteiger partial charge in [-0.25, -0.2) is 0 Å². The highest BCUT2D eigenvalue weighted by molar-refractivity contribution is 6.31. The molecule has 2 heteroatoms. The van der Waals surface area contributed by atoms with Crippen LogP contribution in [0.5, 0.6) is 0 Å². The van der Waals surface area contributed by atoms with Gasteiger partial charge in [-0.05, 0) is 25.1 Å². The van der Waals surface area contributed by atoms with Gasteiger partial charge in [0.15, 0.2) is 0 Å². The molecule has 1 nitrogen and oxygen atoms in total. The van der Waals surface area contributed by atoms with Gasteiger partial charge in [0.05, 0.1) is 0 Å². The number of aryl methyl sites for hydroxylation is 1. The summed E-state index contributed by atoms with van der Waals surface area (Å²) < 4.78 is 5.33. The molecule has 1 aromatic carbocycles. The lowest BCUT2D eigenvalue weighted by Gasteiger charge is -1.86. The normalized spacial score (nSPS) is 10.7. The van der Waals surface area contributed by atoms with Gasteiger partial charge < -0.3 is 4.42 Å². The van der Waals surface area contributed by atoms with Crippen molar-refractivity contribution in [3.05, 3.63) is 35.0 Å². The minimum absolute atomic E-state index is 0.659. The van der Waals surface area contributed by atoms with E-state index in [0.717, 1.165) is 16.7 Å². The molecule has 0 atom stereocenters. The molecule has 0 fully saturated rings. The van der Waals surface area contributed by atoms with Crippen molar-refractivity contribution < 1.29 is 4.42 Å². The van der Waals surface area contributed by atoms with E-state index in [-0.39, 0.29) is 0 Å². The third-order valence-corrected chi connectivity index (χ3v) is 1.74. The van der Waals surface area contributed by atoms with Gasteiger partial charge in [0.1, 0.15) is 11.3 Å². The fourth-order valence-corrected chi connectivity index (χ4v) is 1.22. The van der Waals surface area contributed by atoms with Gasteiger partial charge in [-0.15, -0.1) is 0 Å². The molecule has 0 unspecified atom stereocenters. The summed E-state index contributed by atoms with van der Waals surface area (Å²) in [6.07, 6.45) is 0. The molecule has 0 amide bonds. The highest BCUT2D eigenvalue weighted by Crippen LogP contribution is 2.21. The molecule has 11 heavy (non-hydrogen) atoms. The highest BCUT2D eigenvalue weighted by Gasteiger charge is 1.99. The third kappa shape index (κ3) is 1.12. The maximum Gasteiger partial charge on any atom is 0.136 e. The van der Waals surface area contributed by atoms with E-state index in [4.69, 9.17) is 16.0 Å². The van der Waals surface area contributed by atoms with Gasteiger partial charge in [-0.1, -0.05) is 11.6 Å². The number of hydrogen-bond acceptors (Lipinski definition) is 1. The molecule has 0 spiro atoms. The lowest BCUT2D eigenvalue weighted by atomic mass is 10.2. The molecule has 1 aromatic heterocycles. The largest absolute Gasteiger partial charge is 0.461 e. The van der Waals surface area contributed by atoms with E-state index >= 15 is 0 Å². The zero-order valence-corrected chi connectivity index (χ0v) is 6.77. The van der Waals surface area contributed by atoms with Crippen LogP contribution in [0.2, 0.25) is 5.02 Å². The molecule has 0 aliphatic rings. The first-order valence-electron chi connectivity index (χ1n) is 3.33. The fraction of sp³-hybridized carbons (Fsp3) is 0.111. The van der Waals surface area contributed by atoms with Gasteiger partial charge in [0.2, 0.25) is 0 Å². The van der Waals surface area contributed by atoms with E-state index in [1.807, 2.05) is 13.0 Å². The molecule has 0 bridgehead atoms. The zero-order chi connectivity index (χ0) is 7.84. The van der Waals surface area contributed by atoms with Crippen molar-refractivity contribution in [3.8, 4) is 0 Å². The van der Waals surface area contributed by atoms with Gasteiger partial charge in [0, 0.05) is 16.5 Å². The Morgan fingerprint density at radius 3 is 3.09 bits per heavy atom. The molecule has 2 rings (SSSR count). The summed E-state index contributed by atoms with van der Waals surface area (Å²) in [5, 5.41) is 1.64. The Bertz CT molecular complexity index is 389. The summed E-state index contributed by atoms with van der Waals surface area (Å²) in [5.74, 6) is 0.888. The van der Waals surface area contributed by atoms with Crippen molar-refractivity contribution in [2.45, 2.75) is 6.92 Å². The van der Waals surface area contributed by atoms with Crippen LogP contribution >= 0.6 is 11.6 Å². The molecule has 55 valence electrons. The summed E-state index contributed by atoms with van der Waals surface area (Å²) in [7, 11) is 0. The first-order valence-corrected chi connectivity index (χ1v) is 3.71. The molecule has 0 N–H and O–H groups in total. The van der Waals surface area contributed by atoms with Crippen LogP contribution in [-0.2, 0) is 0 Å². The Balaban J connectivity index is 2.82. The Labute approximate surface area is 69.6 Å². The monoisotopic (exact) mass is 165 g/mol. The van der Waals surface area contributed by atoms with E-state index in [2.05, 4.69) is 6.07 Å². The molecular formula is C9H6ClO. The minimum Gasteiger partial charge on any atom is -0.461 e. The molecule has 0 saturated heterocycles. The van der Waals surface area contributed by atoms with E-state index in [0.29, 0.717) is 5.02 Å². The summed E-state index contributed by atoms with van der Waals surface area (Å²) in [6.45, 7) is 1.90. The van der Waals surface area contributed by atoms with Gasteiger partial charge in [-0.3, -0.25) is 0 Å². The van der Waals surface area contributed by atoms with E-state index in [9.17, 15) is 0 Å². The molecule has 0 saturated carbocycles. The summed E-state index contributed by atoms with van der Waals surface area (Å²) >= 11 is 5.74. The third-order valence-electron chi connectivity index (χ3n) is 1.52. The first-order chi connectivity index (χ1) is 5.25. The molecule has 1 radical (unpaired) electrons. The van der Waals surface area contributed by atoms with E-state index in [1.165, 1.54) is 0 Å². The van der Waals surface area contributed by atoms with Crippen molar-refractivity contribution in [1.82, 2.24) is 0 Å². The average molecular weight is 166 g/mol. The van der Waals surface area contributed by atoms with Crippen LogP contribution in [0, 0.1) is 13.0 Å². The Hall–Kier alpha value is -0.950. The smallest absolute Gasteiger partial charge is 0.136 e. The average Bonchev–Trinajstić information content (AvgIpc) is 2.27. The quantitative estimate of drug-likeness (QED) is 0.584.